The van der Waals surface area contributed by atoms with Crippen molar-refractivity contribution in [3.05, 3.63) is 6.42 Å². The molecule has 2 bridgehead atoms. The van der Waals surface area contributed by atoms with Crippen LogP contribution in [0.5, 0.6) is 0 Å². The van der Waals surface area contributed by atoms with E-state index >= 15 is 0 Å². The quantitative estimate of drug-likeness (QED) is 0.389. The average molecular weight is 405 g/mol. The molecule has 14 heavy (non-hydrogen) atoms. The van der Waals surface area contributed by atoms with E-state index in [1.165, 1.54) is 6.92 Å². The number of carbonyl (C=O) groups is 1. The molecule has 1 N–H and O–H groups in total. The van der Waals surface area contributed by atoms with E-state index in [9.17, 15) is 9.90 Å². The van der Waals surface area contributed by atoms with Crippen molar-refractivity contribution in [3.63, 3.8) is 0 Å². The van der Waals surface area contributed by atoms with Gasteiger partial charge in [0.15, 0.2) is 0 Å². The molecule has 2 saturated carbocycles. The van der Waals surface area contributed by atoms with Gasteiger partial charge in [-0.3, -0.25) is 4.79 Å². The van der Waals surface area contributed by atoms with Gasteiger partial charge in [-0.15, -0.1) is 0 Å². The first kappa shape index (κ1) is 14.7. The van der Waals surface area contributed by atoms with E-state index in [-0.39, 0.29) is 64.2 Å². The summed E-state index contributed by atoms with van der Waals surface area (Å²) in [7, 11) is 0. The summed E-state index contributed by atoms with van der Waals surface area (Å²) in [5.41, 5.74) is 0. The zero-order valence-electron chi connectivity index (χ0n) is 8.15. The Kier molecular flexibility index (Phi) is 5.93. The summed E-state index contributed by atoms with van der Waals surface area (Å²) in [6.45, 7) is 1.43. The monoisotopic (exact) mass is 406 g/mol. The average Bonchev–Trinajstić information content (AvgIpc) is 2.44. The number of aliphatic hydroxyl groups is 1. The predicted molar refractivity (Wildman–Crippen MR) is 42.1 cm³/mol. The smallest absolute Gasteiger partial charge is 1.00 e. The molecule has 2 fully saturated rings. The molecule has 0 aromatic carbocycles. The van der Waals surface area contributed by atoms with E-state index in [0.717, 1.165) is 12.8 Å². The number of esters is 1. The first-order chi connectivity index (χ1) is 5.66. The Morgan fingerprint density at radius 3 is 2.50 bits per heavy atom. The van der Waals surface area contributed by atoms with Crippen LogP contribution in [0.3, 0.4) is 0 Å². The van der Waals surface area contributed by atoms with Crippen LogP contribution in [0.1, 0.15) is 19.8 Å². The maximum absolute atomic E-state index is 10.7. The van der Waals surface area contributed by atoms with Crippen LogP contribution in [-0.4, -0.2) is 23.3 Å². The second-order valence-electron chi connectivity index (χ2n) is 3.73. The number of ether oxygens (including phenoxy) is 1. The van der Waals surface area contributed by atoms with Crippen LogP contribution in [0.2, 0.25) is 0 Å². The molecule has 3 nitrogen and oxygen atoms in total. The molecule has 0 saturated heterocycles. The van der Waals surface area contributed by atoms with Crippen LogP contribution in [0, 0.1) is 18.3 Å². The van der Waals surface area contributed by atoms with Crippen LogP contribution in [0.25, 0.3) is 0 Å². The Bertz CT molecular complexity index is 210. The number of halogens is 1. The Labute approximate surface area is 111 Å². The molecule has 0 aromatic rings. The first-order valence-electron chi connectivity index (χ1n) is 4.37. The van der Waals surface area contributed by atoms with Gasteiger partial charge in [-0.1, -0.05) is 0 Å². The maximum atomic E-state index is 10.7. The number of hydrogen-bond donors (Lipinski definition) is 1. The standard InChI is InChI=1S/C9H13O3.ClH.Hg/c1-5(10)12-9-4-6-2-7(9)3-8(6)11;;/h4,6-9,11H,2-3H2,1H3;1H;/q;;+1/p-1/t6-,7-,8-,9+;;/m0../s1. The van der Waals surface area contributed by atoms with Crippen molar-refractivity contribution in [1.82, 2.24) is 0 Å². The summed E-state index contributed by atoms with van der Waals surface area (Å²) in [6, 6.07) is 0. The second-order valence-corrected chi connectivity index (χ2v) is 3.73. The van der Waals surface area contributed by atoms with Crippen LogP contribution in [0.15, 0.2) is 0 Å². The minimum Gasteiger partial charge on any atom is -1.00 e. The minimum absolute atomic E-state index is 0. The number of carbonyl (C=O) groups excluding carboxylic acids is 1. The van der Waals surface area contributed by atoms with Crippen LogP contribution in [-0.2, 0) is 37.2 Å². The summed E-state index contributed by atoms with van der Waals surface area (Å²) in [5.74, 6) is 0.409. The number of fused-ring (bicyclic) bond motifs is 2. The van der Waals surface area contributed by atoms with Gasteiger partial charge in [-0.2, -0.15) is 0 Å². The molecule has 2 aliphatic rings. The summed E-state index contributed by atoms with van der Waals surface area (Å²) in [6.07, 6.45) is 3.52. The molecule has 0 aromatic heterocycles. The van der Waals surface area contributed by atoms with Crippen molar-refractivity contribution in [2.24, 2.45) is 11.8 Å². The van der Waals surface area contributed by atoms with Crippen molar-refractivity contribution >= 4 is 5.97 Å². The number of hydrogen-bond acceptors (Lipinski definition) is 3. The van der Waals surface area contributed by atoms with E-state index in [2.05, 4.69) is 0 Å². The molecule has 76 valence electrons. The molecular formula is C9H13ClHgO3. The predicted octanol–water partition coefficient (Wildman–Crippen LogP) is -2.48. The van der Waals surface area contributed by atoms with E-state index in [4.69, 9.17) is 4.74 Å². The van der Waals surface area contributed by atoms with Crippen LogP contribution >= 0.6 is 0 Å². The van der Waals surface area contributed by atoms with Gasteiger partial charge in [0.1, 0.15) is 6.10 Å². The molecule has 2 radical (unpaired) electrons. The molecule has 4 atom stereocenters. The third-order valence-electron chi connectivity index (χ3n) is 2.82. The molecule has 0 spiro atoms. The third kappa shape index (κ3) is 2.83. The fraction of sp³-hybridized carbons (Fsp3) is 0.778. The molecule has 0 heterocycles. The molecule has 5 heteroatoms. The van der Waals surface area contributed by atoms with Crippen molar-refractivity contribution in [2.75, 3.05) is 0 Å². The van der Waals surface area contributed by atoms with Gasteiger partial charge < -0.3 is 22.3 Å². The Balaban J connectivity index is 0.000000845. The van der Waals surface area contributed by atoms with Crippen molar-refractivity contribution in [3.8, 4) is 0 Å². The Morgan fingerprint density at radius 2 is 2.14 bits per heavy atom. The van der Waals surface area contributed by atoms with Gasteiger partial charge in [0.2, 0.25) is 0 Å². The molecular weight excluding hydrogens is 392 g/mol. The zero-order chi connectivity index (χ0) is 8.72. The van der Waals surface area contributed by atoms with Crippen molar-refractivity contribution < 1.29 is 54.7 Å². The Hall–Kier alpha value is 0.655. The van der Waals surface area contributed by atoms with Gasteiger partial charge in [0.25, 0.3) is 0 Å². The number of aliphatic hydroxyl groups excluding tert-OH is 1. The van der Waals surface area contributed by atoms with Gasteiger partial charge >= 0.3 is 33.6 Å². The molecule has 2 aliphatic carbocycles. The fourth-order valence-corrected chi connectivity index (χ4v) is 2.29. The zero-order valence-corrected chi connectivity index (χ0v) is 14.4. The third-order valence-corrected chi connectivity index (χ3v) is 2.82. The van der Waals surface area contributed by atoms with E-state index in [0.29, 0.717) is 5.92 Å². The van der Waals surface area contributed by atoms with E-state index in [1.807, 2.05) is 6.42 Å². The van der Waals surface area contributed by atoms with Gasteiger partial charge in [-0.05, 0) is 24.7 Å². The second kappa shape index (κ2) is 5.66. The molecule has 0 amide bonds. The summed E-state index contributed by atoms with van der Waals surface area (Å²) >= 11 is 0. The number of rotatable bonds is 1. The maximum Gasteiger partial charge on any atom is 1.00 e. The van der Waals surface area contributed by atoms with Crippen LogP contribution < -0.4 is 12.4 Å². The topological polar surface area (TPSA) is 46.5 Å². The summed E-state index contributed by atoms with van der Waals surface area (Å²) in [4.78, 5) is 10.7. The van der Waals surface area contributed by atoms with Gasteiger partial charge in [0, 0.05) is 13.3 Å². The first-order valence-corrected chi connectivity index (χ1v) is 4.37. The van der Waals surface area contributed by atoms with E-state index < -0.39 is 0 Å². The molecule has 2 rings (SSSR count). The fourth-order valence-electron chi connectivity index (χ4n) is 2.29. The summed E-state index contributed by atoms with van der Waals surface area (Å²) < 4.78 is 5.09. The van der Waals surface area contributed by atoms with Gasteiger partial charge in [-0.25, -0.2) is 0 Å². The summed E-state index contributed by atoms with van der Waals surface area (Å²) in [5, 5.41) is 9.40. The molecule has 0 unspecified atom stereocenters. The van der Waals surface area contributed by atoms with E-state index in [1.54, 1.807) is 0 Å². The van der Waals surface area contributed by atoms with Crippen LogP contribution in [0.4, 0.5) is 0 Å². The van der Waals surface area contributed by atoms with Gasteiger partial charge in [0.05, 0.1) is 6.10 Å². The normalized spacial score (nSPS) is 38.4. The SMILES string of the molecule is CC(=O)O[C@@H]1[CH][C@@H]2C[C@H]1C[C@@H]2O.[Cl-].[Hg+]. The minimum atomic E-state index is -0.224. The Morgan fingerprint density at radius 1 is 1.50 bits per heavy atom. The van der Waals surface area contributed by atoms with Crippen molar-refractivity contribution in [2.45, 2.75) is 32.0 Å². The molecule has 0 aliphatic heterocycles. The largest absolute Gasteiger partial charge is 1.00 e. The van der Waals surface area contributed by atoms with Crippen molar-refractivity contribution in [1.29, 1.82) is 0 Å².